The largest absolute Gasteiger partial charge is 0.493 e. The lowest BCUT2D eigenvalue weighted by atomic mass is 10.1. The molecule has 104 valence electrons. The van der Waals surface area contributed by atoms with Gasteiger partial charge in [-0.05, 0) is 24.7 Å². The van der Waals surface area contributed by atoms with Crippen LogP contribution in [0.1, 0.15) is 18.1 Å². The van der Waals surface area contributed by atoms with Crippen molar-refractivity contribution < 1.29 is 4.74 Å². The van der Waals surface area contributed by atoms with E-state index in [4.69, 9.17) is 27.5 Å². The van der Waals surface area contributed by atoms with Crippen LogP contribution >= 0.6 is 11.6 Å². The van der Waals surface area contributed by atoms with Gasteiger partial charge in [0.25, 0.3) is 0 Å². The number of hydrogen-bond donors (Lipinski definition) is 2. The number of rotatable bonds is 5. The Morgan fingerprint density at radius 2 is 2.32 bits per heavy atom. The molecular formula is C14H20ClN3O. The summed E-state index contributed by atoms with van der Waals surface area (Å²) in [5, 5.41) is 8.19. The molecule has 1 aliphatic heterocycles. The van der Waals surface area contributed by atoms with Crippen molar-refractivity contribution >= 4 is 17.4 Å². The first-order valence-electron chi connectivity index (χ1n) is 6.44. The van der Waals surface area contributed by atoms with Gasteiger partial charge in [-0.2, -0.15) is 0 Å². The number of benzene rings is 1. The molecule has 0 aliphatic carbocycles. The van der Waals surface area contributed by atoms with E-state index in [9.17, 15) is 0 Å². The van der Waals surface area contributed by atoms with Crippen LogP contribution < -0.4 is 10.5 Å². The van der Waals surface area contributed by atoms with E-state index in [1.54, 1.807) is 0 Å². The molecule has 4 nitrogen and oxygen atoms in total. The lowest BCUT2D eigenvalue weighted by Crippen LogP contribution is -2.31. The molecule has 3 N–H and O–H groups in total. The van der Waals surface area contributed by atoms with E-state index in [1.165, 1.54) is 5.56 Å². The fourth-order valence-corrected chi connectivity index (χ4v) is 2.65. The molecule has 2 rings (SSSR count). The summed E-state index contributed by atoms with van der Waals surface area (Å²) >= 11 is 6.14. The highest BCUT2D eigenvalue weighted by molar-refractivity contribution is 6.30. The predicted molar refractivity (Wildman–Crippen MR) is 78.1 cm³/mol. The first-order valence-corrected chi connectivity index (χ1v) is 6.81. The maximum atomic E-state index is 7.44. The quantitative estimate of drug-likeness (QED) is 0.643. The Kier molecular flexibility index (Phi) is 4.32. The first-order chi connectivity index (χ1) is 8.97. The predicted octanol–water partition coefficient (Wildman–Crippen LogP) is 2.28. The molecule has 1 aromatic carbocycles. The van der Waals surface area contributed by atoms with E-state index in [2.05, 4.69) is 4.90 Å². The van der Waals surface area contributed by atoms with Gasteiger partial charge < -0.3 is 15.4 Å². The second-order valence-electron chi connectivity index (χ2n) is 5.20. The molecule has 1 atom stereocenters. The number of ether oxygens (including phenoxy) is 1. The fraction of sp³-hybridized carbons (Fsp3) is 0.500. The number of nitrogens with one attached hydrogen (secondary N) is 1. The number of amidine groups is 1. The minimum Gasteiger partial charge on any atom is -0.493 e. The maximum absolute atomic E-state index is 7.44. The molecule has 1 unspecified atom stereocenters. The van der Waals surface area contributed by atoms with Crippen LogP contribution in [0.5, 0.6) is 5.75 Å². The smallest absolute Gasteiger partial charge is 0.127 e. The molecule has 0 saturated heterocycles. The molecule has 0 radical (unpaired) electrons. The topological polar surface area (TPSA) is 62.3 Å². The third-order valence-corrected chi connectivity index (χ3v) is 3.60. The zero-order chi connectivity index (χ0) is 14.0. The van der Waals surface area contributed by atoms with E-state index in [-0.39, 0.29) is 11.8 Å². The van der Waals surface area contributed by atoms with Crippen LogP contribution in [0.2, 0.25) is 5.02 Å². The van der Waals surface area contributed by atoms with Gasteiger partial charge in [0.15, 0.2) is 0 Å². The highest BCUT2D eigenvalue weighted by atomic mass is 35.5. The normalized spacial score (nSPS) is 15.2. The van der Waals surface area contributed by atoms with Crippen LogP contribution in [0, 0.1) is 11.3 Å². The summed E-state index contributed by atoms with van der Waals surface area (Å²) in [6, 6.07) is 3.94. The van der Waals surface area contributed by atoms with Crippen LogP contribution in [0.3, 0.4) is 0 Å². The van der Waals surface area contributed by atoms with Crippen LogP contribution in [-0.2, 0) is 13.0 Å². The van der Waals surface area contributed by atoms with Crippen LogP contribution in [0.15, 0.2) is 12.1 Å². The molecule has 1 aromatic rings. The molecule has 0 bridgehead atoms. The lowest BCUT2D eigenvalue weighted by molar-refractivity contribution is 0.295. The Morgan fingerprint density at radius 1 is 1.58 bits per heavy atom. The zero-order valence-electron chi connectivity index (χ0n) is 11.4. The molecule has 0 spiro atoms. The van der Waals surface area contributed by atoms with Crippen LogP contribution in [-0.4, -0.2) is 30.9 Å². The van der Waals surface area contributed by atoms with Crippen molar-refractivity contribution in [2.24, 2.45) is 11.7 Å². The summed E-state index contributed by atoms with van der Waals surface area (Å²) in [6.45, 7) is 4.19. The second kappa shape index (κ2) is 5.80. The molecule has 0 saturated carbocycles. The number of fused-ring (bicyclic) bond motifs is 1. The minimum atomic E-state index is 0.0538. The van der Waals surface area contributed by atoms with Gasteiger partial charge in [-0.25, -0.2) is 0 Å². The number of halogens is 1. The van der Waals surface area contributed by atoms with Gasteiger partial charge in [0.1, 0.15) is 5.75 Å². The van der Waals surface area contributed by atoms with Crippen LogP contribution in [0.25, 0.3) is 0 Å². The maximum Gasteiger partial charge on any atom is 0.127 e. The Bertz CT molecular complexity index is 490. The van der Waals surface area contributed by atoms with E-state index < -0.39 is 0 Å². The van der Waals surface area contributed by atoms with Crippen molar-refractivity contribution in [3.63, 3.8) is 0 Å². The van der Waals surface area contributed by atoms with Gasteiger partial charge in [0, 0.05) is 36.0 Å². The monoisotopic (exact) mass is 281 g/mol. The van der Waals surface area contributed by atoms with Crippen molar-refractivity contribution in [1.29, 1.82) is 5.41 Å². The summed E-state index contributed by atoms with van der Waals surface area (Å²) in [6.07, 6.45) is 0.927. The molecular weight excluding hydrogens is 262 g/mol. The SMILES string of the molecule is CC(CN(C)Cc1cc(Cl)cc2c1OCC2)C(=N)N. The summed E-state index contributed by atoms with van der Waals surface area (Å²) in [7, 11) is 2.02. The molecule has 0 amide bonds. The average Bonchev–Trinajstić information content (AvgIpc) is 2.76. The molecule has 19 heavy (non-hydrogen) atoms. The van der Waals surface area contributed by atoms with Gasteiger partial charge in [0.2, 0.25) is 0 Å². The molecule has 1 heterocycles. The third-order valence-electron chi connectivity index (χ3n) is 3.38. The van der Waals surface area contributed by atoms with E-state index in [0.29, 0.717) is 0 Å². The lowest BCUT2D eigenvalue weighted by Gasteiger charge is -2.21. The first kappa shape index (κ1) is 14.2. The Hall–Kier alpha value is -1.26. The van der Waals surface area contributed by atoms with E-state index >= 15 is 0 Å². The van der Waals surface area contributed by atoms with Gasteiger partial charge in [-0.15, -0.1) is 0 Å². The summed E-state index contributed by atoms with van der Waals surface area (Å²) in [4.78, 5) is 2.14. The highest BCUT2D eigenvalue weighted by Gasteiger charge is 2.19. The molecule has 5 heteroatoms. The number of nitrogens with zero attached hydrogens (tertiary/aromatic N) is 1. The minimum absolute atomic E-state index is 0.0538. The summed E-state index contributed by atoms with van der Waals surface area (Å²) in [5.41, 5.74) is 7.80. The standard InChI is InChI=1S/C14H20ClN3O/c1-9(14(16)17)7-18(2)8-11-6-12(15)5-10-3-4-19-13(10)11/h5-6,9H,3-4,7-8H2,1-2H3,(H3,16,17). The third kappa shape index (κ3) is 3.39. The fourth-order valence-electron chi connectivity index (χ4n) is 2.38. The van der Waals surface area contributed by atoms with Crippen molar-refractivity contribution in [3.8, 4) is 5.75 Å². The van der Waals surface area contributed by atoms with Gasteiger partial charge in [0.05, 0.1) is 12.4 Å². The van der Waals surface area contributed by atoms with E-state index in [0.717, 1.165) is 42.5 Å². The van der Waals surface area contributed by atoms with Crippen molar-refractivity contribution in [2.75, 3.05) is 20.2 Å². The van der Waals surface area contributed by atoms with Crippen molar-refractivity contribution in [2.45, 2.75) is 19.9 Å². The van der Waals surface area contributed by atoms with E-state index in [1.807, 2.05) is 26.1 Å². The Balaban J connectivity index is 2.09. The Morgan fingerprint density at radius 3 is 3.00 bits per heavy atom. The number of nitrogens with two attached hydrogens (primary N) is 1. The molecule has 1 aliphatic rings. The van der Waals surface area contributed by atoms with Crippen molar-refractivity contribution in [1.82, 2.24) is 4.90 Å². The van der Waals surface area contributed by atoms with Crippen LogP contribution in [0.4, 0.5) is 0 Å². The highest BCUT2D eigenvalue weighted by Crippen LogP contribution is 2.33. The van der Waals surface area contributed by atoms with Gasteiger partial charge in [-0.1, -0.05) is 18.5 Å². The number of hydrogen-bond acceptors (Lipinski definition) is 3. The average molecular weight is 282 g/mol. The zero-order valence-corrected chi connectivity index (χ0v) is 12.1. The summed E-state index contributed by atoms with van der Waals surface area (Å²) < 4.78 is 5.69. The Labute approximate surface area is 119 Å². The summed E-state index contributed by atoms with van der Waals surface area (Å²) in [5.74, 6) is 1.25. The molecule has 0 aromatic heterocycles. The van der Waals surface area contributed by atoms with Crippen molar-refractivity contribution in [3.05, 3.63) is 28.3 Å². The van der Waals surface area contributed by atoms with Gasteiger partial charge >= 0.3 is 0 Å². The second-order valence-corrected chi connectivity index (χ2v) is 5.64. The van der Waals surface area contributed by atoms with Gasteiger partial charge in [-0.3, -0.25) is 5.41 Å². The molecule has 0 fully saturated rings.